The number of carbonyl (C=O) groups excluding carboxylic acids is 1. The second-order valence-electron chi connectivity index (χ2n) is 18.5. The van der Waals surface area contributed by atoms with Gasteiger partial charge in [-0.15, -0.1) is 0 Å². The molecule has 0 heterocycles. The van der Waals surface area contributed by atoms with Crippen molar-refractivity contribution in [1.29, 1.82) is 0 Å². The van der Waals surface area contributed by atoms with Gasteiger partial charge < -0.3 is 20.6 Å². The lowest BCUT2D eigenvalue weighted by Gasteiger charge is -2.21. The standard InChI is InChI=1S/C53H105NO4/c1-3-5-7-9-11-13-15-16-17-18-19-20-21-22-23-24-25-26-27-28-29-30-31-32-33-34-35-36-37-38-40-42-44-46-48-52(57)53(58)54-50(49-55)51(56)47-45-43-41-39-14-12-10-8-6-4-2/h45,47,50-52,55-57H,3-44,46,48-49H2,1-2H3,(H,54,58)/b47-45+. The Bertz CT molecular complexity index is 818. The Labute approximate surface area is 363 Å². The van der Waals surface area contributed by atoms with E-state index in [0.717, 1.165) is 32.1 Å². The van der Waals surface area contributed by atoms with E-state index in [-0.39, 0.29) is 6.61 Å². The number of carbonyl (C=O) groups is 1. The van der Waals surface area contributed by atoms with E-state index in [1.165, 1.54) is 244 Å². The third kappa shape index (κ3) is 43.2. The molecule has 0 aliphatic heterocycles. The van der Waals surface area contributed by atoms with Gasteiger partial charge in [0, 0.05) is 0 Å². The minimum Gasteiger partial charge on any atom is -0.394 e. The fourth-order valence-corrected chi connectivity index (χ4v) is 8.48. The summed E-state index contributed by atoms with van der Waals surface area (Å²) in [6.07, 6.45) is 60.2. The molecule has 0 aromatic carbocycles. The molecule has 0 bridgehead atoms. The molecule has 0 saturated carbocycles. The summed E-state index contributed by atoms with van der Waals surface area (Å²) >= 11 is 0. The molecule has 58 heavy (non-hydrogen) atoms. The highest BCUT2D eigenvalue weighted by Gasteiger charge is 2.22. The first-order chi connectivity index (χ1) is 28.6. The molecule has 0 saturated heterocycles. The summed E-state index contributed by atoms with van der Waals surface area (Å²) in [4.78, 5) is 12.5. The number of nitrogens with one attached hydrogen (secondary N) is 1. The highest BCUT2D eigenvalue weighted by atomic mass is 16.3. The van der Waals surface area contributed by atoms with Crippen LogP contribution >= 0.6 is 0 Å². The molecule has 0 aliphatic carbocycles. The predicted molar refractivity (Wildman–Crippen MR) is 255 cm³/mol. The lowest BCUT2D eigenvalue weighted by Crippen LogP contribution is -2.48. The summed E-state index contributed by atoms with van der Waals surface area (Å²) in [6.45, 7) is 4.18. The Kier molecular flexibility index (Phi) is 48.0. The molecule has 0 spiro atoms. The van der Waals surface area contributed by atoms with E-state index in [1.807, 2.05) is 6.08 Å². The number of aliphatic hydroxyl groups excluding tert-OH is 3. The van der Waals surface area contributed by atoms with Crippen LogP contribution in [0.5, 0.6) is 0 Å². The van der Waals surface area contributed by atoms with Crippen LogP contribution in [-0.4, -0.2) is 46.1 Å². The maximum absolute atomic E-state index is 12.5. The Hall–Kier alpha value is -0.910. The molecule has 5 nitrogen and oxygen atoms in total. The quantitative estimate of drug-likeness (QED) is 0.0364. The minimum absolute atomic E-state index is 0.360. The number of rotatable bonds is 49. The van der Waals surface area contributed by atoms with Crippen LogP contribution in [0.15, 0.2) is 12.2 Å². The average Bonchev–Trinajstić information content (AvgIpc) is 3.23. The molecule has 0 aromatic rings. The van der Waals surface area contributed by atoms with Gasteiger partial charge in [0.05, 0.1) is 18.8 Å². The minimum atomic E-state index is -1.09. The highest BCUT2D eigenvalue weighted by molar-refractivity contribution is 5.80. The second kappa shape index (κ2) is 48.8. The first kappa shape index (κ1) is 57.1. The summed E-state index contributed by atoms with van der Waals surface area (Å²) in [6, 6.07) is -0.792. The molecule has 346 valence electrons. The van der Waals surface area contributed by atoms with Crippen molar-refractivity contribution >= 4 is 5.91 Å². The third-order valence-corrected chi connectivity index (χ3v) is 12.6. The van der Waals surface area contributed by atoms with Crippen LogP contribution < -0.4 is 5.32 Å². The number of aliphatic hydroxyl groups is 3. The molecule has 0 aliphatic rings. The van der Waals surface area contributed by atoms with E-state index in [4.69, 9.17) is 0 Å². The van der Waals surface area contributed by atoms with E-state index in [9.17, 15) is 20.1 Å². The van der Waals surface area contributed by atoms with Gasteiger partial charge in [0.15, 0.2) is 0 Å². The Morgan fingerprint density at radius 2 is 0.672 bits per heavy atom. The number of hydrogen-bond donors (Lipinski definition) is 4. The van der Waals surface area contributed by atoms with Crippen molar-refractivity contribution in [2.75, 3.05) is 6.61 Å². The van der Waals surface area contributed by atoms with Crippen molar-refractivity contribution in [3.63, 3.8) is 0 Å². The van der Waals surface area contributed by atoms with Gasteiger partial charge in [-0.2, -0.15) is 0 Å². The fourth-order valence-electron chi connectivity index (χ4n) is 8.48. The van der Waals surface area contributed by atoms with Crippen LogP contribution in [0.25, 0.3) is 0 Å². The molecule has 4 N–H and O–H groups in total. The third-order valence-electron chi connectivity index (χ3n) is 12.6. The molecular formula is C53H105NO4. The van der Waals surface area contributed by atoms with Crippen molar-refractivity contribution in [2.45, 2.75) is 315 Å². The van der Waals surface area contributed by atoms with Crippen molar-refractivity contribution in [2.24, 2.45) is 0 Å². The molecule has 3 unspecified atom stereocenters. The van der Waals surface area contributed by atoms with Gasteiger partial charge in [0.1, 0.15) is 6.10 Å². The number of amides is 1. The summed E-state index contributed by atoms with van der Waals surface area (Å²) in [5.74, 6) is -0.499. The van der Waals surface area contributed by atoms with Crippen molar-refractivity contribution in [3.8, 4) is 0 Å². The van der Waals surface area contributed by atoms with Gasteiger partial charge in [-0.25, -0.2) is 0 Å². The van der Waals surface area contributed by atoms with Crippen LogP contribution in [-0.2, 0) is 4.79 Å². The van der Waals surface area contributed by atoms with Gasteiger partial charge in [-0.05, 0) is 19.3 Å². The van der Waals surface area contributed by atoms with E-state index in [1.54, 1.807) is 6.08 Å². The normalized spacial score (nSPS) is 13.4. The first-order valence-electron chi connectivity index (χ1n) is 26.5. The van der Waals surface area contributed by atoms with Gasteiger partial charge in [-0.1, -0.05) is 289 Å². The van der Waals surface area contributed by atoms with E-state index < -0.39 is 24.2 Å². The summed E-state index contributed by atoms with van der Waals surface area (Å²) in [5, 5.41) is 33.1. The SMILES string of the molecule is CCCCCCCCCC/C=C/C(O)C(CO)NC(=O)C(O)CCCCCCCCCCCCCCCCCCCCCCCCCCCCCCCCCCCC. The predicted octanol–water partition coefficient (Wildman–Crippen LogP) is 15.9. The molecule has 0 radical (unpaired) electrons. The lowest BCUT2D eigenvalue weighted by atomic mass is 10.0. The Morgan fingerprint density at radius 3 is 0.948 bits per heavy atom. The maximum atomic E-state index is 12.5. The van der Waals surface area contributed by atoms with E-state index in [0.29, 0.717) is 6.42 Å². The Morgan fingerprint density at radius 1 is 0.414 bits per heavy atom. The van der Waals surface area contributed by atoms with Gasteiger partial charge in [-0.3, -0.25) is 4.79 Å². The van der Waals surface area contributed by atoms with Crippen molar-refractivity contribution in [1.82, 2.24) is 5.32 Å². The zero-order valence-corrected chi connectivity index (χ0v) is 39.5. The van der Waals surface area contributed by atoms with Crippen LogP contribution in [0.2, 0.25) is 0 Å². The molecule has 0 fully saturated rings. The van der Waals surface area contributed by atoms with Crippen molar-refractivity contribution < 1.29 is 20.1 Å². The smallest absolute Gasteiger partial charge is 0.249 e. The number of unbranched alkanes of at least 4 members (excludes halogenated alkanes) is 41. The van der Waals surface area contributed by atoms with Gasteiger partial charge in [0.2, 0.25) is 5.91 Å². The van der Waals surface area contributed by atoms with Gasteiger partial charge in [0.25, 0.3) is 0 Å². The lowest BCUT2D eigenvalue weighted by molar-refractivity contribution is -0.131. The fraction of sp³-hybridized carbons (Fsp3) is 0.943. The second-order valence-corrected chi connectivity index (χ2v) is 18.5. The molecule has 5 heteroatoms. The van der Waals surface area contributed by atoms with Crippen LogP contribution in [0.1, 0.15) is 296 Å². The maximum Gasteiger partial charge on any atom is 0.249 e. The highest BCUT2D eigenvalue weighted by Crippen LogP contribution is 2.18. The monoisotopic (exact) mass is 820 g/mol. The van der Waals surface area contributed by atoms with Crippen LogP contribution in [0, 0.1) is 0 Å². The largest absolute Gasteiger partial charge is 0.394 e. The summed E-state index contributed by atoms with van der Waals surface area (Å²) in [5.41, 5.74) is 0. The average molecular weight is 820 g/mol. The summed E-state index contributed by atoms with van der Waals surface area (Å²) < 4.78 is 0. The van der Waals surface area contributed by atoms with Crippen LogP contribution in [0.4, 0.5) is 0 Å². The number of hydrogen-bond acceptors (Lipinski definition) is 4. The molecule has 3 atom stereocenters. The molecule has 1 amide bonds. The molecular weight excluding hydrogens is 715 g/mol. The van der Waals surface area contributed by atoms with Crippen molar-refractivity contribution in [3.05, 3.63) is 12.2 Å². The zero-order chi connectivity index (χ0) is 42.3. The molecule has 0 rings (SSSR count). The topological polar surface area (TPSA) is 89.8 Å². The van der Waals surface area contributed by atoms with E-state index >= 15 is 0 Å². The van der Waals surface area contributed by atoms with E-state index in [2.05, 4.69) is 19.2 Å². The summed E-state index contributed by atoms with van der Waals surface area (Å²) in [7, 11) is 0. The van der Waals surface area contributed by atoms with Crippen LogP contribution in [0.3, 0.4) is 0 Å². The zero-order valence-electron chi connectivity index (χ0n) is 39.5. The number of allylic oxidation sites excluding steroid dienone is 1. The molecule has 0 aromatic heterocycles. The van der Waals surface area contributed by atoms with Gasteiger partial charge >= 0.3 is 0 Å². The first-order valence-corrected chi connectivity index (χ1v) is 26.5. The Balaban J connectivity index is 3.41.